The summed E-state index contributed by atoms with van der Waals surface area (Å²) in [4.78, 5) is 14.6. The molecular weight excluding hydrogens is 304 g/mol. The third-order valence-electron chi connectivity index (χ3n) is 4.46. The monoisotopic (exact) mass is 322 g/mol. The van der Waals surface area contributed by atoms with Crippen molar-refractivity contribution >= 4 is 22.5 Å². The van der Waals surface area contributed by atoms with Gasteiger partial charge < -0.3 is 18.9 Å². The van der Waals surface area contributed by atoms with E-state index in [0.717, 1.165) is 22.2 Å². The molecule has 0 unspecified atom stereocenters. The van der Waals surface area contributed by atoms with Crippen LogP contribution >= 0.6 is 0 Å². The van der Waals surface area contributed by atoms with Crippen molar-refractivity contribution in [3.05, 3.63) is 59.8 Å². The van der Waals surface area contributed by atoms with E-state index in [9.17, 15) is 4.79 Å². The molecule has 2 aromatic carbocycles. The lowest BCUT2D eigenvalue weighted by Gasteiger charge is -2.16. The Morgan fingerprint density at radius 2 is 1.96 bits per heavy atom. The Balaban J connectivity index is 1.73. The van der Waals surface area contributed by atoms with Crippen LogP contribution < -0.4 is 9.64 Å². The van der Waals surface area contributed by atoms with Gasteiger partial charge in [-0.05, 0) is 41.3 Å². The molecule has 0 N–H and O–H groups in total. The summed E-state index contributed by atoms with van der Waals surface area (Å²) in [6.45, 7) is 1.06. The molecular formula is C19H18N2O3. The fourth-order valence-corrected chi connectivity index (χ4v) is 3.21. The second kappa shape index (κ2) is 5.69. The summed E-state index contributed by atoms with van der Waals surface area (Å²) >= 11 is 0. The summed E-state index contributed by atoms with van der Waals surface area (Å²) in [7, 11) is 3.28. The van der Waals surface area contributed by atoms with E-state index >= 15 is 0 Å². The number of ether oxygens (including phenoxy) is 2. The first-order chi connectivity index (χ1) is 11.7. The molecule has 1 aliphatic heterocycles. The van der Waals surface area contributed by atoms with E-state index in [1.165, 1.54) is 0 Å². The molecule has 0 fully saturated rings. The second-order valence-electron chi connectivity index (χ2n) is 5.86. The van der Waals surface area contributed by atoms with Gasteiger partial charge in [-0.3, -0.25) is 4.79 Å². The number of rotatable bonds is 4. The van der Waals surface area contributed by atoms with Gasteiger partial charge in [0, 0.05) is 24.6 Å². The van der Waals surface area contributed by atoms with E-state index in [1.54, 1.807) is 19.1 Å². The fourth-order valence-electron chi connectivity index (χ4n) is 3.21. The van der Waals surface area contributed by atoms with E-state index in [-0.39, 0.29) is 5.91 Å². The number of carbonyl (C=O) groups is 1. The summed E-state index contributed by atoms with van der Waals surface area (Å²) in [6.07, 6.45) is 1.99. The summed E-state index contributed by atoms with van der Waals surface area (Å²) in [5.74, 6) is 0.710. The van der Waals surface area contributed by atoms with Crippen molar-refractivity contribution in [3.63, 3.8) is 0 Å². The number of fused-ring (bicyclic) bond motifs is 2. The van der Waals surface area contributed by atoms with Gasteiger partial charge in [0.15, 0.2) is 0 Å². The molecule has 5 heteroatoms. The van der Waals surface area contributed by atoms with E-state index in [4.69, 9.17) is 9.47 Å². The molecule has 0 saturated carbocycles. The molecule has 0 radical (unpaired) electrons. The van der Waals surface area contributed by atoms with Crippen LogP contribution in [0, 0.1) is 0 Å². The number of carbonyl (C=O) groups excluding carboxylic acids is 1. The first kappa shape index (κ1) is 14.8. The molecule has 1 aromatic heterocycles. The van der Waals surface area contributed by atoms with Crippen LogP contribution in [0.15, 0.2) is 48.7 Å². The lowest BCUT2D eigenvalue weighted by Crippen LogP contribution is -2.22. The average Bonchev–Trinajstić information content (AvgIpc) is 3.16. The molecule has 0 saturated heterocycles. The SMILES string of the molecule is COCn1ccc2ccc(N3Cc4ccc(OC)cc4C3=O)cc21. The zero-order valence-corrected chi connectivity index (χ0v) is 13.7. The van der Waals surface area contributed by atoms with Crippen molar-refractivity contribution in [3.8, 4) is 5.75 Å². The molecule has 2 heterocycles. The van der Waals surface area contributed by atoms with E-state index in [1.807, 2.05) is 53.2 Å². The minimum atomic E-state index is 0.00750. The first-order valence-corrected chi connectivity index (χ1v) is 7.78. The van der Waals surface area contributed by atoms with Gasteiger partial charge >= 0.3 is 0 Å². The highest BCUT2D eigenvalue weighted by molar-refractivity contribution is 6.10. The molecule has 24 heavy (non-hydrogen) atoms. The van der Waals surface area contributed by atoms with Crippen LogP contribution in [0.25, 0.3) is 10.9 Å². The van der Waals surface area contributed by atoms with Gasteiger partial charge in [0.05, 0.1) is 19.2 Å². The van der Waals surface area contributed by atoms with Crippen LogP contribution in [0.5, 0.6) is 5.75 Å². The van der Waals surface area contributed by atoms with E-state index in [0.29, 0.717) is 24.6 Å². The number of aromatic nitrogens is 1. The average molecular weight is 322 g/mol. The second-order valence-corrected chi connectivity index (χ2v) is 5.86. The van der Waals surface area contributed by atoms with Gasteiger partial charge in [-0.15, -0.1) is 0 Å². The molecule has 122 valence electrons. The van der Waals surface area contributed by atoms with Crippen LogP contribution in [-0.4, -0.2) is 24.7 Å². The zero-order chi connectivity index (χ0) is 16.7. The lowest BCUT2D eigenvalue weighted by molar-refractivity contribution is 0.0996. The van der Waals surface area contributed by atoms with Gasteiger partial charge in [-0.1, -0.05) is 12.1 Å². The van der Waals surface area contributed by atoms with Gasteiger partial charge in [0.1, 0.15) is 12.5 Å². The van der Waals surface area contributed by atoms with Crippen LogP contribution in [0.2, 0.25) is 0 Å². The normalized spacial score (nSPS) is 13.6. The van der Waals surface area contributed by atoms with Gasteiger partial charge in [0.2, 0.25) is 0 Å². The van der Waals surface area contributed by atoms with Crippen LogP contribution in [-0.2, 0) is 18.0 Å². The molecule has 3 aromatic rings. The van der Waals surface area contributed by atoms with Crippen molar-refractivity contribution in [1.29, 1.82) is 0 Å². The van der Waals surface area contributed by atoms with Crippen molar-refractivity contribution in [2.45, 2.75) is 13.3 Å². The highest BCUT2D eigenvalue weighted by Gasteiger charge is 2.29. The number of amides is 1. The predicted molar refractivity (Wildman–Crippen MR) is 92.5 cm³/mol. The molecule has 0 aliphatic carbocycles. The maximum absolute atomic E-state index is 12.8. The largest absolute Gasteiger partial charge is 0.497 e. The Labute approximate surface area is 140 Å². The highest BCUT2D eigenvalue weighted by Crippen LogP contribution is 2.32. The van der Waals surface area contributed by atoms with Crippen molar-refractivity contribution in [1.82, 2.24) is 4.57 Å². The third-order valence-corrected chi connectivity index (χ3v) is 4.46. The Morgan fingerprint density at radius 1 is 1.08 bits per heavy atom. The van der Waals surface area contributed by atoms with Crippen LogP contribution in [0.4, 0.5) is 5.69 Å². The number of hydrogen-bond donors (Lipinski definition) is 0. The maximum atomic E-state index is 12.8. The Bertz CT molecular complexity index is 930. The smallest absolute Gasteiger partial charge is 0.259 e. The molecule has 0 atom stereocenters. The molecule has 0 bridgehead atoms. The molecule has 1 aliphatic rings. The quantitative estimate of drug-likeness (QED) is 0.739. The van der Waals surface area contributed by atoms with Crippen molar-refractivity contribution in [2.24, 2.45) is 0 Å². The van der Waals surface area contributed by atoms with Crippen LogP contribution in [0.3, 0.4) is 0 Å². The molecule has 4 rings (SSSR count). The molecule has 5 nitrogen and oxygen atoms in total. The van der Waals surface area contributed by atoms with Gasteiger partial charge in [-0.2, -0.15) is 0 Å². The Kier molecular flexibility index (Phi) is 3.50. The standard InChI is InChI=1S/C19H18N2O3/c1-23-12-20-8-7-13-3-5-15(9-18(13)20)21-11-14-4-6-16(24-2)10-17(14)19(21)22/h3-10H,11-12H2,1-2H3. The minimum Gasteiger partial charge on any atom is -0.497 e. The maximum Gasteiger partial charge on any atom is 0.259 e. The summed E-state index contributed by atoms with van der Waals surface area (Å²) in [5.41, 5.74) is 3.67. The number of methoxy groups -OCH3 is 2. The molecule has 0 spiro atoms. The minimum absolute atomic E-state index is 0.00750. The zero-order valence-electron chi connectivity index (χ0n) is 13.7. The summed E-state index contributed by atoms with van der Waals surface area (Å²) in [6, 6.07) is 13.8. The topological polar surface area (TPSA) is 43.7 Å². The molecule has 1 amide bonds. The number of anilines is 1. The third kappa shape index (κ3) is 2.25. The fraction of sp³-hybridized carbons (Fsp3) is 0.211. The highest BCUT2D eigenvalue weighted by atomic mass is 16.5. The summed E-state index contributed by atoms with van der Waals surface area (Å²) < 4.78 is 12.5. The van der Waals surface area contributed by atoms with Crippen LogP contribution in [0.1, 0.15) is 15.9 Å². The number of benzene rings is 2. The van der Waals surface area contributed by atoms with E-state index < -0.39 is 0 Å². The van der Waals surface area contributed by atoms with Crippen molar-refractivity contribution in [2.75, 3.05) is 19.1 Å². The summed E-state index contributed by atoms with van der Waals surface area (Å²) in [5, 5.41) is 1.13. The predicted octanol–water partition coefficient (Wildman–Crippen LogP) is 3.41. The first-order valence-electron chi connectivity index (χ1n) is 7.78. The van der Waals surface area contributed by atoms with Crippen molar-refractivity contribution < 1.29 is 14.3 Å². The number of nitrogens with zero attached hydrogens (tertiary/aromatic N) is 2. The van der Waals surface area contributed by atoms with E-state index in [2.05, 4.69) is 0 Å². The van der Waals surface area contributed by atoms with Gasteiger partial charge in [0.25, 0.3) is 5.91 Å². The van der Waals surface area contributed by atoms with Gasteiger partial charge in [-0.25, -0.2) is 0 Å². The Morgan fingerprint density at radius 3 is 2.75 bits per heavy atom. The lowest BCUT2D eigenvalue weighted by atomic mass is 10.1. The number of hydrogen-bond acceptors (Lipinski definition) is 3. The Hall–Kier alpha value is -2.79.